The van der Waals surface area contributed by atoms with E-state index in [2.05, 4.69) is 29.6 Å². The molecule has 0 spiro atoms. The molecular formula is C31H28N2O7. The molecule has 3 N–H and O–H groups in total. The van der Waals surface area contributed by atoms with Crippen LogP contribution in [-0.4, -0.2) is 47.3 Å². The van der Waals surface area contributed by atoms with Gasteiger partial charge in [0.1, 0.15) is 12.4 Å². The summed E-state index contributed by atoms with van der Waals surface area (Å²) >= 11 is 0. The number of rotatable bonds is 10. The number of nitrogens with one attached hydrogen (secondary N) is 1. The molecule has 0 aromatic heterocycles. The number of aliphatic carboxylic acids is 2. The number of ether oxygens (including phenoxy) is 2. The van der Waals surface area contributed by atoms with Crippen molar-refractivity contribution >= 4 is 40.0 Å². The molecule has 4 aromatic rings. The summed E-state index contributed by atoms with van der Waals surface area (Å²) < 4.78 is 11.7. The second-order valence-corrected chi connectivity index (χ2v) is 9.49. The molecule has 0 saturated heterocycles. The lowest BCUT2D eigenvalue weighted by Gasteiger charge is -2.35. The molecular weight excluding hydrogens is 512 g/mol. The lowest BCUT2D eigenvalue weighted by Crippen LogP contribution is -2.45. The predicted molar refractivity (Wildman–Crippen MR) is 150 cm³/mol. The average Bonchev–Trinajstić information content (AvgIpc) is 2.96. The molecule has 40 heavy (non-hydrogen) atoms. The van der Waals surface area contributed by atoms with Crippen molar-refractivity contribution < 1.29 is 34.1 Å². The molecule has 1 heterocycles. The first-order chi connectivity index (χ1) is 19.4. The van der Waals surface area contributed by atoms with Crippen LogP contribution >= 0.6 is 0 Å². The van der Waals surface area contributed by atoms with Gasteiger partial charge < -0.3 is 29.9 Å². The van der Waals surface area contributed by atoms with Crippen LogP contribution in [0.5, 0.6) is 11.5 Å². The molecule has 5 rings (SSSR count). The maximum atomic E-state index is 13.1. The summed E-state index contributed by atoms with van der Waals surface area (Å²) in [5, 5.41) is 23.7. The molecule has 9 nitrogen and oxygen atoms in total. The Morgan fingerprint density at radius 2 is 1.70 bits per heavy atom. The Kier molecular flexibility index (Phi) is 7.82. The van der Waals surface area contributed by atoms with Crippen LogP contribution in [0, 0.1) is 0 Å². The van der Waals surface area contributed by atoms with Gasteiger partial charge in [-0.3, -0.25) is 9.59 Å². The molecule has 0 fully saturated rings. The van der Waals surface area contributed by atoms with E-state index in [1.807, 2.05) is 18.2 Å². The molecule has 204 valence electrons. The Morgan fingerprint density at radius 3 is 2.45 bits per heavy atom. The highest BCUT2D eigenvalue weighted by Gasteiger charge is 2.32. The van der Waals surface area contributed by atoms with Gasteiger partial charge in [0.2, 0.25) is 6.10 Å². The van der Waals surface area contributed by atoms with Crippen LogP contribution in [0.2, 0.25) is 0 Å². The molecule has 0 radical (unpaired) electrons. The predicted octanol–water partition coefficient (Wildman–Crippen LogP) is 5.19. The Balaban J connectivity index is 1.26. The third-order valence-corrected chi connectivity index (χ3v) is 6.66. The Bertz CT molecular complexity index is 1550. The van der Waals surface area contributed by atoms with Crippen LogP contribution in [0.15, 0.2) is 84.9 Å². The highest BCUT2D eigenvalue weighted by Crippen LogP contribution is 2.40. The highest BCUT2D eigenvalue weighted by atomic mass is 16.5. The average molecular weight is 541 g/mol. The molecule has 0 aliphatic carbocycles. The van der Waals surface area contributed by atoms with Crippen LogP contribution < -0.4 is 19.7 Å². The maximum absolute atomic E-state index is 13.1. The van der Waals surface area contributed by atoms with Gasteiger partial charge in [-0.25, -0.2) is 4.79 Å². The molecule has 1 atom stereocenters. The number of anilines is 2. The van der Waals surface area contributed by atoms with Crippen molar-refractivity contribution in [2.45, 2.75) is 25.6 Å². The number of carbonyl (C=O) groups is 3. The van der Waals surface area contributed by atoms with Crippen molar-refractivity contribution in [2.24, 2.45) is 0 Å². The minimum Gasteiger partial charge on any atom is -0.489 e. The summed E-state index contributed by atoms with van der Waals surface area (Å²) in [7, 11) is 0. The van der Waals surface area contributed by atoms with E-state index in [4.69, 9.17) is 14.6 Å². The van der Waals surface area contributed by atoms with Crippen LogP contribution in [0.25, 0.3) is 10.8 Å². The van der Waals surface area contributed by atoms with Crippen molar-refractivity contribution in [1.29, 1.82) is 0 Å². The van der Waals surface area contributed by atoms with E-state index in [0.717, 1.165) is 16.3 Å². The van der Waals surface area contributed by atoms with Gasteiger partial charge in [-0.05, 0) is 65.2 Å². The first-order valence-electron chi connectivity index (χ1n) is 12.9. The van der Waals surface area contributed by atoms with E-state index >= 15 is 0 Å². The molecule has 1 unspecified atom stereocenters. The number of hydrogen-bond acceptors (Lipinski definition) is 6. The number of carbonyl (C=O) groups excluding carboxylic acids is 1. The summed E-state index contributed by atoms with van der Waals surface area (Å²) in [4.78, 5) is 37.5. The number of para-hydroxylation sites is 1. The number of benzene rings is 4. The largest absolute Gasteiger partial charge is 0.489 e. The lowest BCUT2D eigenvalue weighted by atomic mass is 10.1. The van der Waals surface area contributed by atoms with Gasteiger partial charge in [0, 0.05) is 18.5 Å². The van der Waals surface area contributed by atoms with Crippen molar-refractivity contribution in [1.82, 2.24) is 0 Å². The minimum absolute atomic E-state index is 0.0389. The standard InChI is InChI=1S/C31H28N2O7/c34-28(35)9-4-16-33-18-27(31(37)38)40-29-25(7-3-8-26(29)33)32-30(36)22-12-14-24(15-13-22)39-19-20-10-11-21-5-1-2-6-23(21)17-20/h1-3,5-8,10-15,17,27H,4,9,16,18-19H2,(H,32,36)(H,34,35)(H,37,38). The lowest BCUT2D eigenvalue weighted by molar-refractivity contribution is -0.145. The zero-order valence-corrected chi connectivity index (χ0v) is 21.6. The van der Waals surface area contributed by atoms with Crippen molar-refractivity contribution in [3.63, 3.8) is 0 Å². The second-order valence-electron chi connectivity index (χ2n) is 9.49. The Morgan fingerprint density at radius 1 is 0.925 bits per heavy atom. The van der Waals surface area contributed by atoms with Gasteiger partial charge >= 0.3 is 11.9 Å². The van der Waals surface area contributed by atoms with Crippen molar-refractivity contribution in [3.8, 4) is 11.5 Å². The quantitative estimate of drug-likeness (QED) is 0.251. The molecule has 1 amide bonds. The van der Waals surface area contributed by atoms with Gasteiger partial charge in [0.25, 0.3) is 5.91 Å². The van der Waals surface area contributed by atoms with Gasteiger partial charge in [-0.15, -0.1) is 0 Å². The molecule has 1 aliphatic heterocycles. The normalized spacial score (nSPS) is 14.2. The van der Waals surface area contributed by atoms with E-state index in [9.17, 15) is 19.5 Å². The number of hydrogen-bond donors (Lipinski definition) is 3. The maximum Gasteiger partial charge on any atom is 0.346 e. The first kappa shape index (κ1) is 26.6. The molecule has 9 heteroatoms. The third-order valence-electron chi connectivity index (χ3n) is 6.66. The number of amides is 1. The number of carboxylic acid groups (broad SMARTS) is 2. The van der Waals surface area contributed by atoms with Crippen LogP contribution in [0.1, 0.15) is 28.8 Å². The van der Waals surface area contributed by atoms with E-state index in [1.54, 1.807) is 47.4 Å². The summed E-state index contributed by atoms with van der Waals surface area (Å²) in [6.45, 7) is 0.794. The minimum atomic E-state index is -1.16. The fourth-order valence-electron chi connectivity index (χ4n) is 4.63. The molecule has 0 bridgehead atoms. The summed E-state index contributed by atoms with van der Waals surface area (Å²) in [5.74, 6) is -1.61. The highest BCUT2D eigenvalue weighted by molar-refractivity contribution is 6.05. The Labute approximate surface area is 230 Å². The molecule has 4 aromatic carbocycles. The van der Waals surface area contributed by atoms with Gasteiger partial charge in [-0.1, -0.05) is 42.5 Å². The molecule has 0 saturated carbocycles. The number of carboxylic acids is 2. The fraction of sp³-hybridized carbons (Fsp3) is 0.194. The van der Waals surface area contributed by atoms with Gasteiger partial charge in [0.05, 0.1) is 17.9 Å². The van der Waals surface area contributed by atoms with Crippen molar-refractivity contribution in [2.75, 3.05) is 23.3 Å². The van der Waals surface area contributed by atoms with E-state index in [1.165, 1.54) is 0 Å². The molecule has 1 aliphatic rings. The van der Waals surface area contributed by atoms with Crippen LogP contribution in [0.4, 0.5) is 11.4 Å². The first-order valence-corrected chi connectivity index (χ1v) is 12.9. The van der Waals surface area contributed by atoms with Gasteiger partial charge in [0.15, 0.2) is 5.75 Å². The number of nitrogens with zero attached hydrogens (tertiary/aromatic N) is 1. The summed E-state index contributed by atoms with van der Waals surface area (Å²) in [6, 6.07) is 26.1. The van der Waals surface area contributed by atoms with Crippen LogP contribution in [0.3, 0.4) is 0 Å². The van der Waals surface area contributed by atoms with Crippen molar-refractivity contribution in [3.05, 3.63) is 96.1 Å². The van der Waals surface area contributed by atoms with Gasteiger partial charge in [-0.2, -0.15) is 0 Å². The fourth-order valence-corrected chi connectivity index (χ4v) is 4.63. The summed E-state index contributed by atoms with van der Waals surface area (Å²) in [5.41, 5.74) is 2.34. The smallest absolute Gasteiger partial charge is 0.346 e. The van der Waals surface area contributed by atoms with E-state index in [0.29, 0.717) is 42.3 Å². The Hall–Kier alpha value is -5.05. The number of fused-ring (bicyclic) bond motifs is 2. The SMILES string of the molecule is O=C(O)CCCN1CC(C(=O)O)Oc2c(NC(=O)c3ccc(OCc4ccc5ccccc5c4)cc3)cccc21. The topological polar surface area (TPSA) is 125 Å². The zero-order chi connectivity index (χ0) is 28.1. The van der Waals surface area contributed by atoms with Crippen LogP contribution in [-0.2, 0) is 16.2 Å². The monoisotopic (exact) mass is 540 g/mol. The third kappa shape index (κ3) is 6.15. The van der Waals surface area contributed by atoms with E-state index in [-0.39, 0.29) is 18.7 Å². The van der Waals surface area contributed by atoms with E-state index < -0.39 is 23.9 Å². The zero-order valence-electron chi connectivity index (χ0n) is 21.6. The summed E-state index contributed by atoms with van der Waals surface area (Å²) in [6.07, 6.45) is -0.857. The second kappa shape index (κ2) is 11.8.